The number of benzene rings is 1. The zero-order chi connectivity index (χ0) is 14.4. The van der Waals surface area contributed by atoms with Gasteiger partial charge in [0, 0.05) is 6.54 Å². The molecule has 2 rings (SSSR count). The minimum atomic E-state index is -0.147. The minimum Gasteiger partial charge on any atom is -0.397 e. The monoisotopic (exact) mass is 295 g/mol. The summed E-state index contributed by atoms with van der Waals surface area (Å²) in [5.74, 6) is -0.147. The molecule has 1 aliphatic rings. The maximum atomic E-state index is 12.0. The number of hydrogen-bond donors (Lipinski definition) is 2. The number of likely N-dealkylation sites (tertiary alicyclic amines) is 1. The van der Waals surface area contributed by atoms with Gasteiger partial charge in [0.25, 0.3) is 5.91 Å². The van der Waals surface area contributed by atoms with E-state index in [1.807, 2.05) is 0 Å². The van der Waals surface area contributed by atoms with E-state index < -0.39 is 0 Å². The number of unbranched alkanes of at least 4 members (excludes halogenated alkanes) is 1. The molecule has 110 valence electrons. The molecular formula is C15H22ClN3O. The predicted molar refractivity (Wildman–Crippen MR) is 83.1 cm³/mol. The summed E-state index contributed by atoms with van der Waals surface area (Å²) in [5, 5.41) is 3.32. The summed E-state index contributed by atoms with van der Waals surface area (Å²) in [6, 6.07) is 5.12. The number of hydrogen-bond acceptors (Lipinski definition) is 3. The van der Waals surface area contributed by atoms with Gasteiger partial charge >= 0.3 is 0 Å². The second kappa shape index (κ2) is 7.50. The Labute approximate surface area is 125 Å². The van der Waals surface area contributed by atoms with Crippen LogP contribution in [0.25, 0.3) is 0 Å². The molecule has 0 aromatic heterocycles. The first kappa shape index (κ1) is 15.1. The lowest BCUT2D eigenvalue weighted by atomic mass is 10.1. The summed E-state index contributed by atoms with van der Waals surface area (Å²) in [6.45, 7) is 4.27. The summed E-state index contributed by atoms with van der Waals surface area (Å²) >= 11 is 5.90. The van der Waals surface area contributed by atoms with Crippen molar-refractivity contribution >= 4 is 23.2 Å². The van der Waals surface area contributed by atoms with E-state index in [1.165, 1.54) is 25.9 Å². The molecule has 0 radical (unpaired) electrons. The van der Waals surface area contributed by atoms with Gasteiger partial charge in [-0.2, -0.15) is 0 Å². The Morgan fingerprint density at radius 3 is 2.80 bits per heavy atom. The molecule has 0 aliphatic carbocycles. The SMILES string of the molecule is Nc1c(Cl)cccc1C(=O)NCCCCN1CCCC1. The molecule has 1 fully saturated rings. The van der Waals surface area contributed by atoms with Crippen LogP contribution >= 0.6 is 11.6 Å². The first-order valence-corrected chi connectivity index (χ1v) is 7.61. The number of amides is 1. The number of nitrogens with two attached hydrogens (primary N) is 1. The quantitative estimate of drug-likeness (QED) is 0.626. The van der Waals surface area contributed by atoms with E-state index in [0.717, 1.165) is 19.4 Å². The third kappa shape index (κ3) is 4.12. The van der Waals surface area contributed by atoms with Crippen molar-refractivity contribution in [2.24, 2.45) is 0 Å². The van der Waals surface area contributed by atoms with Crippen molar-refractivity contribution in [3.63, 3.8) is 0 Å². The minimum absolute atomic E-state index is 0.147. The molecule has 1 saturated heterocycles. The third-order valence-corrected chi connectivity index (χ3v) is 4.01. The Morgan fingerprint density at radius 2 is 2.05 bits per heavy atom. The van der Waals surface area contributed by atoms with Crippen molar-refractivity contribution in [3.8, 4) is 0 Å². The highest BCUT2D eigenvalue weighted by atomic mass is 35.5. The average molecular weight is 296 g/mol. The fourth-order valence-corrected chi connectivity index (χ4v) is 2.67. The molecule has 1 aliphatic heterocycles. The van der Waals surface area contributed by atoms with Gasteiger partial charge in [-0.05, 0) is 57.5 Å². The van der Waals surface area contributed by atoms with Crippen LogP contribution in [0.1, 0.15) is 36.0 Å². The van der Waals surface area contributed by atoms with E-state index in [-0.39, 0.29) is 5.91 Å². The molecule has 1 amide bonds. The van der Waals surface area contributed by atoms with Crippen LogP contribution in [0, 0.1) is 0 Å². The van der Waals surface area contributed by atoms with Gasteiger partial charge in [-0.3, -0.25) is 4.79 Å². The van der Waals surface area contributed by atoms with Crippen molar-refractivity contribution in [1.29, 1.82) is 0 Å². The Morgan fingerprint density at radius 1 is 1.30 bits per heavy atom. The van der Waals surface area contributed by atoms with Crippen LogP contribution in [-0.4, -0.2) is 37.0 Å². The molecule has 1 aromatic rings. The molecule has 1 heterocycles. The molecule has 0 atom stereocenters. The number of nitrogens with zero attached hydrogens (tertiary/aromatic N) is 1. The van der Waals surface area contributed by atoms with Crippen LogP contribution in [0.15, 0.2) is 18.2 Å². The van der Waals surface area contributed by atoms with Crippen molar-refractivity contribution in [1.82, 2.24) is 10.2 Å². The second-order valence-corrected chi connectivity index (χ2v) is 5.62. The average Bonchev–Trinajstić information content (AvgIpc) is 2.94. The van der Waals surface area contributed by atoms with Gasteiger partial charge in [0.1, 0.15) is 0 Å². The number of para-hydroxylation sites is 1. The Bertz CT molecular complexity index is 458. The van der Waals surface area contributed by atoms with E-state index in [9.17, 15) is 4.79 Å². The Kier molecular flexibility index (Phi) is 5.68. The van der Waals surface area contributed by atoms with Gasteiger partial charge in [0.15, 0.2) is 0 Å². The number of halogens is 1. The molecule has 0 bridgehead atoms. The largest absolute Gasteiger partial charge is 0.397 e. The zero-order valence-electron chi connectivity index (χ0n) is 11.7. The van der Waals surface area contributed by atoms with Gasteiger partial charge in [-0.25, -0.2) is 0 Å². The first-order chi connectivity index (χ1) is 9.68. The number of rotatable bonds is 6. The van der Waals surface area contributed by atoms with Gasteiger partial charge in [0.05, 0.1) is 16.3 Å². The molecular weight excluding hydrogens is 274 g/mol. The summed E-state index contributed by atoms with van der Waals surface area (Å²) in [7, 11) is 0. The van der Waals surface area contributed by atoms with Crippen molar-refractivity contribution in [2.45, 2.75) is 25.7 Å². The molecule has 5 heteroatoms. The van der Waals surface area contributed by atoms with Crippen LogP contribution in [-0.2, 0) is 0 Å². The van der Waals surface area contributed by atoms with Gasteiger partial charge in [-0.1, -0.05) is 17.7 Å². The lowest BCUT2D eigenvalue weighted by Gasteiger charge is -2.14. The van der Waals surface area contributed by atoms with Crippen molar-refractivity contribution in [2.75, 3.05) is 31.9 Å². The number of nitrogens with one attached hydrogen (secondary N) is 1. The third-order valence-electron chi connectivity index (χ3n) is 3.68. The fraction of sp³-hybridized carbons (Fsp3) is 0.533. The maximum absolute atomic E-state index is 12.0. The van der Waals surface area contributed by atoms with E-state index in [1.54, 1.807) is 18.2 Å². The molecule has 3 N–H and O–H groups in total. The molecule has 1 aromatic carbocycles. The predicted octanol–water partition coefficient (Wildman–Crippen LogP) is 2.53. The number of nitrogen functional groups attached to an aromatic ring is 1. The van der Waals surface area contributed by atoms with Crippen LogP contribution in [0.4, 0.5) is 5.69 Å². The highest BCUT2D eigenvalue weighted by Gasteiger charge is 2.12. The van der Waals surface area contributed by atoms with Crippen molar-refractivity contribution in [3.05, 3.63) is 28.8 Å². The molecule has 4 nitrogen and oxygen atoms in total. The van der Waals surface area contributed by atoms with E-state index in [4.69, 9.17) is 17.3 Å². The van der Waals surface area contributed by atoms with E-state index >= 15 is 0 Å². The molecule has 0 unspecified atom stereocenters. The lowest BCUT2D eigenvalue weighted by molar-refractivity contribution is 0.0953. The molecule has 0 spiro atoms. The summed E-state index contributed by atoms with van der Waals surface area (Å²) in [6.07, 6.45) is 4.75. The lowest BCUT2D eigenvalue weighted by Crippen LogP contribution is -2.26. The topological polar surface area (TPSA) is 58.4 Å². The normalized spacial score (nSPS) is 15.4. The maximum Gasteiger partial charge on any atom is 0.253 e. The number of carbonyl (C=O) groups excluding carboxylic acids is 1. The van der Waals surface area contributed by atoms with E-state index in [0.29, 0.717) is 22.8 Å². The van der Waals surface area contributed by atoms with E-state index in [2.05, 4.69) is 10.2 Å². The second-order valence-electron chi connectivity index (χ2n) is 5.21. The summed E-state index contributed by atoms with van der Waals surface area (Å²) in [5.41, 5.74) is 6.60. The van der Waals surface area contributed by atoms with Gasteiger partial charge in [-0.15, -0.1) is 0 Å². The smallest absolute Gasteiger partial charge is 0.253 e. The number of carbonyl (C=O) groups is 1. The van der Waals surface area contributed by atoms with Crippen LogP contribution in [0.2, 0.25) is 5.02 Å². The van der Waals surface area contributed by atoms with Gasteiger partial charge in [0.2, 0.25) is 0 Å². The zero-order valence-corrected chi connectivity index (χ0v) is 12.5. The number of anilines is 1. The van der Waals surface area contributed by atoms with Crippen LogP contribution < -0.4 is 11.1 Å². The van der Waals surface area contributed by atoms with Crippen LogP contribution in [0.5, 0.6) is 0 Å². The van der Waals surface area contributed by atoms with Gasteiger partial charge < -0.3 is 16.0 Å². The van der Waals surface area contributed by atoms with Crippen LogP contribution in [0.3, 0.4) is 0 Å². The molecule has 0 saturated carbocycles. The highest BCUT2D eigenvalue weighted by Crippen LogP contribution is 2.22. The summed E-state index contributed by atoms with van der Waals surface area (Å²) in [4.78, 5) is 14.5. The Balaban J connectivity index is 1.68. The standard InChI is InChI=1S/C15H22ClN3O/c16-13-7-5-6-12(14(13)17)15(20)18-8-1-2-9-19-10-3-4-11-19/h5-7H,1-4,8-11,17H2,(H,18,20). The highest BCUT2D eigenvalue weighted by molar-refractivity contribution is 6.33. The Hall–Kier alpha value is -1.26. The molecule has 20 heavy (non-hydrogen) atoms. The summed E-state index contributed by atoms with van der Waals surface area (Å²) < 4.78 is 0. The fourth-order valence-electron chi connectivity index (χ4n) is 2.50. The first-order valence-electron chi connectivity index (χ1n) is 7.23. The van der Waals surface area contributed by atoms with Crippen molar-refractivity contribution < 1.29 is 4.79 Å².